The molecule has 0 spiro atoms. The van der Waals surface area contributed by atoms with Gasteiger partial charge in [0.05, 0.1) is 5.69 Å². The van der Waals surface area contributed by atoms with E-state index in [-0.39, 0.29) is 5.41 Å². The molecule has 3 aromatic rings. The number of pyridine rings is 1. The van der Waals surface area contributed by atoms with E-state index in [4.69, 9.17) is 0 Å². The molecule has 2 atom stereocenters. The predicted octanol–water partition coefficient (Wildman–Crippen LogP) is 4.50. The molecule has 1 aromatic heterocycles. The molecule has 0 fully saturated rings. The van der Waals surface area contributed by atoms with E-state index >= 15 is 0 Å². The molecule has 25 heavy (non-hydrogen) atoms. The third-order valence-corrected chi connectivity index (χ3v) is 5.99. The van der Waals surface area contributed by atoms with Gasteiger partial charge in [0.25, 0.3) is 0 Å². The van der Waals surface area contributed by atoms with Crippen molar-refractivity contribution in [2.24, 2.45) is 0 Å². The van der Waals surface area contributed by atoms with Crippen molar-refractivity contribution in [3.8, 4) is 0 Å². The van der Waals surface area contributed by atoms with Gasteiger partial charge in [0.15, 0.2) is 0 Å². The van der Waals surface area contributed by atoms with Crippen molar-refractivity contribution in [3.63, 3.8) is 0 Å². The number of hydrogen-bond acceptors (Lipinski definition) is 2. The predicted molar refractivity (Wildman–Crippen MR) is 100 cm³/mol. The molecule has 3 aliphatic rings. The van der Waals surface area contributed by atoms with E-state index in [1.807, 2.05) is 12.3 Å². The van der Waals surface area contributed by atoms with Gasteiger partial charge in [-0.3, -0.25) is 9.88 Å². The van der Waals surface area contributed by atoms with Crippen LogP contribution in [0.15, 0.2) is 72.9 Å². The standard InChI is InChI=1S/C23H22N2/c1-23-16-25(15-18-9-6-7-13-24-18)22(19-10-3-5-12-21(19)23)14-17-8-2-4-11-20(17)23/h2-13,22H,14-16H2,1H3. The first kappa shape index (κ1) is 14.9. The molecule has 2 aromatic carbocycles. The normalized spacial score (nSPS) is 24.4. The Kier molecular flexibility index (Phi) is 3.29. The van der Waals surface area contributed by atoms with Crippen LogP contribution in [-0.4, -0.2) is 16.4 Å². The van der Waals surface area contributed by atoms with Gasteiger partial charge in [-0.05, 0) is 40.8 Å². The van der Waals surface area contributed by atoms with Crippen LogP contribution in [0, 0.1) is 0 Å². The number of fused-ring (bicyclic) bond motifs is 1. The highest BCUT2D eigenvalue weighted by atomic mass is 15.2. The zero-order chi connectivity index (χ0) is 16.9. The van der Waals surface area contributed by atoms with Crippen LogP contribution in [0.2, 0.25) is 0 Å². The quantitative estimate of drug-likeness (QED) is 0.689. The van der Waals surface area contributed by atoms with Gasteiger partial charge in [0.1, 0.15) is 0 Å². The Morgan fingerprint density at radius 2 is 1.72 bits per heavy atom. The molecule has 0 N–H and O–H groups in total. The fourth-order valence-corrected chi connectivity index (χ4v) is 4.87. The first-order chi connectivity index (χ1) is 12.3. The number of benzene rings is 2. The number of aromatic nitrogens is 1. The molecule has 3 heterocycles. The zero-order valence-corrected chi connectivity index (χ0v) is 14.5. The number of hydrogen-bond donors (Lipinski definition) is 0. The summed E-state index contributed by atoms with van der Waals surface area (Å²) >= 11 is 0. The largest absolute Gasteiger partial charge is 0.289 e. The first-order valence-electron chi connectivity index (χ1n) is 9.07. The smallest absolute Gasteiger partial charge is 0.0544 e. The Balaban J connectivity index is 1.67. The lowest BCUT2D eigenvalue weighted by Crippen LogP contribution is -2.45. The van der Waals surface area contributed by atoms with Gasteiger partial charge in [-0.25, -0.2) is 0 Å². The van der Waals surface area contributed by atoms with E-state index < -0.39 is 0 Å². The van der Waals surface area contributed by atoms with Gasteiger partial charge in [0, 0.05) is 30.7 Å². The van der Waals surface area contributed by atoms with E-state index in [0.29, 0.717) is 6.04 Å². The minimum absolute atomic E-state index is 0.0367. The molecule has 2 bridgehead atoms. The van der Waals surface area contributed by atoms with Crippen LogP contribution in [-0.2, 0) is 18.4 Å². The summed E-state index contributed by atoms with van der Waals surface area (Å²) < 4.78 is 0. The monoisotopic (exact) mass is 326 g/mol. The van der Waals surface area contributed by atoms with Crippen LogP contribution in [0.4, 0.5) is 0 Å². The fraction of sp³-hybridized carbons (Fsp3) is 0.261. The van der Waals surface area contributed by atoms with Crippen LogP contribution >= 0.6 is 0 Å². The fourth-order valence-electron chi connectivity index (χ4n) is 4.87. The lowest BCUT2D eigenvalue weighted by molar-refractivity contribution is 0.146. The molecule has 0 saturated carbocycles. The van der Waals surface area contributed by atoms with E-state index in [1.54, 1.807) is 0 Å². The molecule has 2 unspecified atom stereocenters. The summed E-state index contributed by atoms with van der Waals surface area (Å²) in [5, 5.41) is 0. The Hall–Kier alpha value is -2.45. The minimum Gasteiger partial charge on any atom is -0.289 e. The summed E-state index contributed by atoms with van der Waals surface area (Å²) in [5.74, 6) is 0. The van der Waals surface area contributed by atoms with Crippen LogP contribution in [0.1, 0.15) is 40.9 Å². The first-order valence-corrected chi connectivity index (χ1v) is 9.07. The van der Waals surface area contributed by atoms with Gasteiger partial charge in [-0.15, -0.1) is 0 Å². The highest BCUT2D eigenvalue weighted by molar-refractivity contribution is 5.53. The average molecular weight is 326 g/mol. The van der Waals surface area contributed by atoms with Crippen molar-refractivity contribution in [2.45, 2.75) is 31.3 Å². The van der Waals surface area contributed by atoms with Crippen LogP contribution in [0.3, 0.4) is 0 Å². The van der Waals surface area contributed by atoms with Gasteiger partial charge in [-0.1, -0.05) is 61.5 Å². The second-order valence-corrected chi connectivity index (χ2v) is 7.52. The molecular weight excluding hydrogens is 304 g/mol. The maximum absolute atomic E-state index is 4.57. The van der Waals surface area contributed by atoms with Crippen LogP contribution in [0.25, 0.3) is 0 Å². The maximum Gasteiger partial charge on any atom is 0.0544 e. The van der Waals surface area contributed by atoms with Gasteiger partial charge in [0.2, 0.25) is 0 Å². The minimum atomic E-state index is 0.0367. The highest BCUT2D eigenvalue weighted by Gasteiger charge is 2.45. The number of nitrogens with zero attached hydrogens (tertiary/aromatic N) is 2. The molecule has 0 amide bonds. The van der Waals surface area contributed by atoms with Crippen molar-refractivity contribution in [3.05, 3.63) is 101 Å². The van der Waals surface area contributed by atoms with Crippen LogP contribution < -0.4 is 0 Å². The Morgan fingerprint density at radius 1 is 0.960 bits per heavy atom. The molecule has 2 nitrogen and oxygen atoms in total. The molecule has 1 aliphatic carbocycles. The molecular formula is C23H22N2. The Bertz CT molecular complexity index is 918. The zero-order valence-electron chi connectivity index (χ0n) is 14.5. The van der Waals surface area contributed by atoms with E-state index in [2.05, 4.69) is 77.5 Å². The third-order valence-electron chi connectivity index (χ3n) is 5.99. The summed E-state index contributed by atoms with van der Waals surface area (Å²) in [6, 6.07) is 24.7. The van der Waals surface area contributed by atoms with Crippen LogP contribution in [0.5, 0.6) is 0 Å². The summed E-state index contributed by atoms with van der Waals surface area (Å²) in [7, 11) is 0. The van der Waals surface area contributed by atoms with Gasteiger partial charge < -0.3 is 0 Å². The van der Waals surface area contributed by atoms with Gasteiger partial charge in [-0.2, -0.15) is 0 Å². The number of rotatable bonds is 2. The van der Waals surface area contributed by atoms with Crippen molar-refractivity contribution in [1.29, 1.82) is 0 Å². The third kappa shape index (κ3) is 2.25. The Labute approximate surface area is 149 Å². The SMILES string of the molecule is CC12CN(Cc3ccccn3)C(Cc3ccccc31)c1ccccc12. The summed E-state index contributed by atoms with van der Waals surface area (Å²) in [6.45, 7) is 4.36. The van der Waals surface area contributed by atoms with E-state index in [1.165, 1.54) is 22.3 Å². The summed E-state index contributed by atoms with van der Waals surface area (Å²) in [5.41, 5.74) is 7.17. The molecule has 0 saturated heterocycles. The Morgan fingerprint density at radius 3 is 2.56 bits per heavy atom. The van der Waals surface area contributed by atoms with Crippen molar-refractivity contribution < 1.29 is 0 Å². The summed E-state index contributed by atoms with van der Waals surface area (Å²) in [6.07, 6.45) is 2.98. The van der Waals surface area contributed by atoms with Crippen molar-refractivity contribution >= 4 is 0 Å². The summed E-state index contributed by atoms with van der Waals surface area (Å²) in [4.78, 5) is 7.20. The topological polar surface area (TPSA) is 16.1 Å². The van der Waals surface area contributed by atoms with Gasteiger partial charge >= 0.3 is 0 Å². The molecule has 2 aliphatic heterocycles. The molecule has 124 valence electrons. The van der Waals surface area contributed by atoms with Crippen molar-refractivity contribution in [2.75, 3.05) is 6.54 Å². The lowest BCUT2D eigenvalue weighted by atomic mass is 9.72. The average Bonchev–Trinajstić information content (AvgIpc) is 2.85. The molecule has 2 heteroatoms. The van der Waals surface area contributed by atoms with Crippen molar-refractivity contribution in [1.82, 2.24) is 9.88 Å². The maximum atomic E-state index is 4.57. The second-order valence-electron chi connectivity index (χ2n) is 7.52. The molecule has 6 rings (SSSR count). The van der Waals surface area contributed by atoms with E-state index in [0.717, 1.165) is 25.2 Å². The van der Waals surface area contributed by atoms with E-state index in [9.17, 15) is 0 Å². The second kappa shape index (κ2) is 5.53. The highest BCUT2D eigenvalue weighted by Crippen LogP contribution is 2.49. The molecule has 0 radical (unpaired) electrons. The lowest BCUT2D eigenvalue weighted by Gasteiger charge is -2.44.